The zero-order valence-corrected chi connectivity index (χ0v) is 15.1. The summed E-state index contributed by atoms with van der Waals surface area (Å²) >= 11 is 6.08. The third-order valence-corrected chi connectivity index (χ3v) is 4.59. The number of nitrogens with two attached hydrogens (primary N) is 1. The quantitative estimate of drug-likeness (QED) is 0.841. The zero-order valence-electron chi connectivity index (χ0n) is 14.3. The zero-order chi connectivity index (χ0) is 19.4. The summed E-state index contributed by atoms with van der Waals surface area (Å²) < 4.78 is 5.45. The molecule has 0 saturated carbocycles. The van der Waals surface area contributed by atoms with Gasteiger partial charge in [0.1, 0.15) is 12.2 Å². The summed E-state index contributed by atoms with van der Waals surface area (Å²) in [4.78, 5) is 25.2. The van der Waals surface area contributed by atoms with Crippen LogP contribution in [0.25, 0.3) is 0 Å². The van der Waals surface area contributed by atoms with Crippen molar-refractivity contribution in [3.05, 3.63) is 58.6 Å². The minimum atomic E-state index is -0.563. The van der Waals surface area contributed by atoms with Crippen LogP contribution < -0.4 is 16.0 Å². The summed E-state index contributed by atoms with van der Waals surface area (Å²) in [6.45, 7) is 1.25. The molecule has 1 aliphatic heterocycles. The lowest BCUT2D eigenvalue weighted by atomic mass is 10.2. The molecule has 0 radical (unpaired) electrons. The van der Waals surface area contributed by atoms with Crippen molar-refractivity contribution in [2.45, 2.75) is 12.5 Å². The normalized spacial score (nSPS) is 15.9. The van der Waals surface area contributed by atoms with E-state index in [2.05, 4.69) is 5.32 Å². The highest BCUT2D eigenvalue weighted by atomic mass is 35.5. The van der Waals surface area contributed by atoms with Gasteiger partial charge in [0, 0.05) is 29.9 Å². The van der Waals surface area contributed by atoms with Crippen molar-refractivity contribution >= 4 is 35.0 Å². The highest BCUT2D eigenvalue weighted by molar-refractivity contribution is 6.32. The largest absolute Gasteiger partial charge is 0.444 e. The highest BCUT2D eigenvalue weighted by Gasteiger charge is 2.26. The second-order valence-corrected chi connectivity index (χ2v) is 6.51. The number of amides is 2. The van der Waals surface area contributed by atoms with Crippen molar-refractivity contribution < 1.29 is 14.3 Å². The van der Waals surface area contributed by atoms with Crippen molar-refractivity contribution in [2.75, 3.05) is 23.3 Å². The SMILES string of the molecule is N#Cc1ccc(N2CC[C@@H](OC(=O)Nc3ccc(C(N)=O)cc3)C2)cc1Cl. The van der Waals surface area contributed by atoms with Crippen LogP contribution in [0.3, 0.4) is 0 Å². The predicted octanol–water partition coefficient (Wildman–Crippen LogP) is 3.14. The van der Waals surface area contributed by atoms with Crippen LogP contribution in [0, 0.1) is 11.3 Å². The van der Waals surface area contributed by atoms with Gasteiger partial charge >= 0.3 is 6.09 Å². The maximum absolute atomic E-state index is 12.1. The molecule has 1 atom stereocenters. The molecule has 0 bridgehead atoms. The van der Waals surface area contributed by atoms with Crippen LogP contribution in [-0.2, 0) is 4.74 Å². The standard InChI is InChI=1S/C19H17ClN4O3/c20-17-9-15(6-3-13(17)10-21)24-8-7-16(11-24)27-19(26)23-14-4-1-12(2-5-14)18(22)25/h1-6,9,16H,7-8,11H2,(H2,22,25)(H,23,26)/t16-/m1/s1. The van der Waals surface area contributed by atoms with E-state index < -0.39 is 12.0 Å². The van der Waals surface area contributed by atoms with E-state index in [-0.39, 0.29) is 6.10 Å². The number of nitrogens with one attached hydrogen (secondary N) is 1. The Kier molecular flexibility index (Phi) is 5.48. The predicted molar refractivity (Wildman–Crippen MR) is 102 cm³/mol. The monoisotopic (exact) mass is 384 g/mol. The first kappa shape index (κ1) is 18.5. The first-order valence-corrected chi connectivity index (χ1v) is 8.66. The molecule has 1 aliphatic rings. The summed E-state index contributed by atoms with van der Waals surface area (Å²) in [7, 11) is 0. The van der Waals surface area contributed by atoms with Crippen molar-refractivity contribution in [2.24, 2.45) is 5.73 Å². The van der Waals surface area contributed by atoms with Gasteiger partial charge in [0.15, 0.2) is 0 Å². The van der Waals surface area contributed by atoms with Gasteiger partial charge in [-0.2, -0.15) is 5.26 Å². The second kappa shape index (κ2) is 7.98. The summed E-state index contributed by atoms with van der Waals surface area (Å²) in [5.74, 6) is -0.530. The van der Waals surface area contributed by atoms with Gasteiger partial charge in [0.2, 0.25) is 5.91 Å². The third-order valence-electron chi connectivity index (χ3n) is 4.27. The number of nitrogens with zero attached hydrogens (tertiary/aromatic N) is 2. The molecule has 8 heteroatoms. The molecule has 1 fully saturated rings. The molecule has 2 aromatic rings. The number of ether oxygens (including phenoxy) is 1. The Morgan fingerprint density at radius 2 is 2.00 bits per heavy atom. The summed E-state index contributed by atoms with van der Waals surface area (Å²) in [5, 5.41) is 12.0. The average molecular weight is 385 g/mol. The van der Waals surface area contributed by atoms with Crippen molar-refractivity contribution in [3.63, 3.8) is 0 Å². The van der Waals surface area contributed by atoms with E-state index in [9.17, 15) is 9.59 Å². The lowest BCUT2D eigenvalue weighted by molar-refractivity contribution is 0.1000. The van der Waals surface area contributed by atoms with E-state index in [4.69, 9.17) is 27.3 Å². The van der Waals surface area contributed by atoms with E-state index in [1.807, 2.05) is 17.0 Å². The summed E-state index contributed by atoms with van der Waals surface area (Å²) in [6.07, 6.45) is -0.137. The lowest BCUT2D eigenvalue weighted by Crippen LogP contribution is -2.26. The highest BCUT2D eigenvalue weighted by Crippen LogP contribution is 2.27. The topological polar surface area (TPSA) is 108 Å². The molecule has 1 saturated heterocycles. The maximum atomic E-state index is 12.1. The van der Waals surface area contributed by atoms with E-state index >= 15 is 0 Å². The summed E-state index contributed by atoms with van der Waals surface area (Å²) in [5.41, 5.74) is 7.36. The van der Waals surface area contributed by atoms with Crippen molar-refractivity contribution in [1.82, 2.24) is 0 Å². The first-order chi connectivity index (χ1) is 13.0. The molecule has 1 heterocycles. The summed E-state index contributed by atoms with van der Waals surface area (Å²) in [6, 6.07) is 13.5. The van der Waals surface area contributed by atoms with E-state index in [0.29, 0.717) is 41.3 Å². The molecule has 138 valence electrons. The molecule has 0 aliphatic carbocycles. The minimum Gasteiger partial charge on any atom is -0.444 e. The fourth-order valence-corrected chi connectivity index (χ4v) is 3.08. The van der Waals surface area contributed by atoms with E-state index in [0.717, 1.165) is 5.69 Å². The number of anilines is 2. The Bertz CT molecular complexity index is 908. The van der Waals surface area contributed by atoms with Gasteiger partial charge in [-0.15, -0.1) is 0 Å². The van der Waals surface area contributed by atoms with Crippen molar-refractivity contribution in [1.29, 1.82) is 5.26 Å². The van der Waals surface area contributed by atoms with Gasteiger partial charge in [-0.3, -0.25) is 10.1 Å². The molecule has 3 N–H and O–H groups in total. The van der Waals surface area contributed by atoms with Gasteiger partial charge in [-0.05, 0) is 42.5 Å². The molecule has 7 nitrogen and oxygen atoms in total. The van der Waals surface area contributed by atoms with Crippen LogP contribution in [0.4, 0.5) is 16.2 Å². The molecule has 0 aromatic heterocycles. The van der Waals surface area contributed by atoms with Crippen LogP contribution in [-0.4, -0.2) is 31.2 Å². The Hall–Kier alpha value is -3.24. The number of primary amides is 1. The van der Waals surface area contributed by atoms with Gasteiger partial charge < -0.3 is 15.4 Å². The first-order valence-electron chi connectivity index (χ1n) is 8.28. The molecule has 0 spiro atoms. The van der Waals surface area contributed by atoms with E-state index in [1.165, 1.54) is 12.1 Å². The van der Waals surface area contributed by atoms with Gasteiger partial charge in [-0.25, -0.2) is 4.79 Å². The number of carbonyl (C=O) groups excluding carboxylic acids is 2. The van der Waals surface area contributed by atoms with Crippen molar-refractivity contribution in [3.8, 4) is 6.07 Å². The van der Waals surface area contributed by atoms with E-state index in [1.54, 1.807) is 24.3 Å². The Balaban J connectivity index is 1.55. The second-order valence-electron chi connectivity index (χ2n) is 6.10. The molecular weight excluding hydrogens is 368 g/mol. The lowest BCUT2D eigenvalue weighted by Gasteiger charge is -2.19. The number of benzene rings is 2. The molecule has 2 aromatic carbocycles. The number of carbonyl (C=O) groups is 2. The number of hydrogen-bond acceptors (Lipinski definition) is 5. The van der Waals surface area contributed by atoms with Gasteiger partial charge in [-0.1, -0.05) is 11.6 Å². The molecule has 0 unspecified atom stereocenters. The van der Waals surface area contributed by atoms with Crippen LogP contribution in [0.1, 0.15) is 22.3 Å². The number of rotatable bonds is 4. The average Bonchev–Trinajstić information content (AvgIpc) is 3.10. The fraction of sp³-hybridized carbons (Fsp3) is 0.211. The number of hydrogen-bond donors (Lipinski definition) is 2. The number of nitriles is 1. The van der Waals surface area contributed by atoms with Crippen LogP contribution in [0.15, 0.2) is 42.5 Å². The molecule has 3 rings (SSSR count). The van der Waals surface area contributed by atoms with Gasteiger partial charge in [0.05, 0.1) is 17.1 Å². The molecule has 2 amide bonds. The molecular formula is C19H17ClN4O3. The van der Waals surface area contributed by atoms with Gasteiger partial charge in [0.25, 0.3) is 0 Å². The fourth-order valence-electron chi connectivity index (χ4n) is 2.87. The molecule has 27 heavy (non-hydrogen) atoms. The smallest absolute Gasteiger partial charge is 0.411 e. The van der Waals surface area contributed by atoms with Crippen LogP contribution >= 0.6 is 11.6 Å². The Morgan fingerprint density at radius 1 is 1.26 bits per heavy atom. The van der Waals surface area contributed by atoms with Crippen LogP contribution in [0.2, 0.25) is 5.02 Å². The Labute approximate surface area is 161 Å². The third kappa shape index (κ3) is 4.49. The van der Waals surface area contributed by atoms with Crippen LogP contribution in [0.5, 0.6) is 0 Å². The Morgan fingerprint density at radius 3 is 2.63 bits per heavy atom. The number of halogens is 1. The minimum absolute atomic E-state index is 0.260. The maximum Gasteiger partial charge on any atom is 0.411 e.